The van der Waals surface area contributed by atoms with E-state index in [-0.39, 0.29) is 12.0 Å². The van der Waals surface area contributed by atoms with Gasteiger partial charge in [0.25, 0.3) is 0 Å². The molecule has 1 aliphatic rings. The van der Waals surface area contributed by atoms with Crippen molar-refractivity contribution in [2.45, 2.75) is 84.2 Å². The Hall–Kier alpha value is -0.570. The van der Waals surface area contributed by atoms with Crippen LogP contribution < -0.4 is 5.73 Å². The maximum absolute atomic E-state index is 12.5. The van der Waals surface area contributed by atoms with E-state index < -0.39 is 0 Å². The van der Waals surface area contributed by atoms with Gasteiger partial charge in [-0.25, -0.2) is 0 Å². The zero-order valence-corrected chi connectivity index (χ0v) is 13.0. The van der Waals surface area contributed by atoms with Gasteiger partial charge in [-0.1, -0.05) is 32.6 Å². The average molecular weight is 268 g/mol. The van der Waals surface area contributed by atoms with Gasteiger partial charge in [0, 0.05) is 24.5 Å². The molecule has 0 radical (unpaired) electrons. The molecular formula is C16H32N2O. The number of nitrogens with zero attached hydrogens (tertiary/aromatic N) is 1. The number of rotatable bonds is 7. The lowest BCUT2D eigenvalue weighted by Crippen LogP contribution is -2.43. The summed E-state index contributed by atoms with van der Waals surface area (Å²) >= 11 is 0. The van der Waals surface area contributed by atoms with Gasteiger partial charge in [-0.15, -0.1) is 0 Å². The summed E-state index contributed by atoms with van der Waals surface area (Å²) in [7, 11) is 0. The van der Waals surface area contributed by atoms with Crippen molar-refractivity contribution < 1.29 is 4.79 Å². The van der Waals surface area contributed by atoms with Gasteiger partial charge in [0.2, 0.25) is 5.91 Å². The van der Waals surface area contributed by atoms with Crippen LogP contribution in [0.5, 0.6) is 0 Å². The first-order valence-electron chi connectivity index (χ1n) is 8.12. The summed E-state index contributed by atoms with van der Waals surface area (Å²) < 4.78 is 0. The fourth-order valence-corrected chi connectivity index (χ4v) is 3.14. The molecule has 0 spiro atoms. The fraction of sp³-hybridized carbons (Fsp3) is 0.938. The van der Waals surface area contributed by atoms with Crippen molar-refractivity contribution in [2.24, 2.45) is 11.7 Å². The maximum Gasteiger partial charge on any atom is 0.225 e. The Labute approximate surface area is 118 Å². The average Bonchev–Trinajstić information content (AvgIpc) is 2.40. The van der Waals surface area contributed by atoms with Gasteiger partial charge < -0.3 is 10.6 Å². The molecule has 1 amide bonds. The predicted octanol–water partition coefficient (Wildman–Crippen LogP) is 3.32. The van der Waals surface area contributed by atoms with Crippen molar-refractivity contribution in [1.82, 2.24) is 4.90 Å². The van der Waals surface area contributed by atoms with Gasteiger partial charge in [0.05, 0.1) is 0 Å². The second kappa shape index (κ2) is 8.57. The number of nitrogens with two attached hydrogens (primary N) is 1. The molecule has 0 heterocycles. The monoisotopic (exact) mass is 268 g/mol. The normalized spacial score (nSPS) is 20.0. The Balaban J connectivity index is 2.42. The second-order valence-corrected chi connectivity index (χ2v) is 6.23. The van der Waals surface area contributed by atoms with Gasteiger partial charge in [-0.2, -0.15) is 0 Å². The standard InChI is InChI=1S/C16H32N2O/c1-4-18(15-11-6-5-7-12-15)16(19)13(2)9-8-10-14(3)17/h13-15H,4-12,17H2,1-3H3. The summed E-state index contributed by atoms with van der Waals surface area (Å²) in [5, 5.41) is 0. The zero-order valence-electron chi connectivity index (χ0n) is 13.0. The highest BCUT2D eigenvalue weighted by Gasteiger charge is 2.26. The van der Waals surface area contributed by atoms with Crippen LogP contribution in [-0.2, 0) is 4.79 Å². The van der Waals surface area contributed by atoms with E-state index in [1.807, 2.05) is 6.92 Å². The molecule has 0 saturated heterocycles. The zero-order chi connectivity index (χ0) is 14.3. The number of hydrogen-bond acceptors (Lipinski definition) is 2. The number of hydrogen-bond donors (Lipinski definition) is 1. The molecule has 0 aromatic rings. The van der Waals surface area contributed by atoms with Crippen LogP contribution in [0.4, 0.5) is 0 Å². The molecule has 0 aliphatic heterocycles. The molecule has 3 heteroatoms. The molecule has 1 rings (SSSR count). The van der Waals surface area contributed by atoms with E-state index >= 15 is 0 Å². The Morgan fingerprint density at radius 2 is 1.84 bits per heavy atom. The summed E-state index contributed by atoms with van der Waals surface area (Å²) in [6.45, 7) is 7.09. The molecule has 1 saturated carbocycles. The molecule has 112 valence electrons. The van der Waals surface area contributed by atoms with Gasteiger partial charge in [-0.3, -0.25) is 4.79 Å². The lowest BCUT2D eigenvalue weighted by atomic mass is 9.92. The molecule has 2 N–H and O–H groups in total. The minimum Gasteiger partial charge on any atom is -0.340 e. The van der Waals surface area contributed by atoms with Crippen LogP contribution in [0.3, 0.4) is 0 Å². The highest BCUT2D eigenvalue weighted by molar-refractivity contribution is 5.78. The second-order valence-electron chi connectivity index (χ2n) is 6.23. The van der Waals surface area contributed by atoms with Crippen molar-refractivity contribution in [1.29, 1.82) is 0 Å². The minimum absolute atomic E-state index is 0.153. The number of carbonyl (C=O) groups is 1. The molecule has 19 heavy (non-hydrogen) atoms. The molecule has 0 aromatic carbocycles. The first kappa shape index (κ1) is 16.5. The van der Waals surface area contributed by atoms with Crippen LogP contribution in [-0.4, -0.2) is 29.4 Å². The van der Waals surface area contributed by atoms with Crippen LogP contribution in [0.2, 0.25) is 0 Å². The minimum atomic E-state index is 0.153. The fourth-order valence-electron chi connectivity index (χ4n) is 3.14. The first-order valence-corrected chi connectivity index (χ1v) is 8.12. The van der Waals surface area contributed by atoms with E-state index in [0.717, 1.165) is 25.8 Å². The molecule has 2 atom stereocenters. The van der Waals surface area contributed by atoms with Crippen LogP contribution in [0.15, 0.2) is 0 Å². The highest BCUT2D eigenvalue weighted by atomic mass is 16.2. The Bertz CT molecular complexity index is 259. The number of amides is 1. The van der Waals surface area contributed by atoms with Crippen LogP contribution in [0.25, 0.3) is 0 Å². The van der Waals surface area contributed by atoms with Crippen LogP contribution in [0, 0.1) is 5.92 Å². The Kier molecular flexibility index (Phi) is 7.44. The molecular weight excluding hydrogens is 236 g/mol. The van der Waals surface area contributed by atoms with Crippen LogP contribution >= 0.6 is 0 Å². The van der Waals surface area contributed by atoms with Gasteiger partial charge >= 0.3 is 0 Å². The topological polar surface area (TPSA) is 46.3 Å². The van der Waals surface area contributed by atoms with E-state index in [4.69, 9.17) is 5.73 Å². The summed E-state index contributed by atoms with van der Waals surface area (Å²) in [4.78, 5) is 14.7. The quantitative estimate of drug-likeness (QED) is 0.770. The number of carbonyl (C=O) groups excluding carboxylic acids is 1. The van der Waals surface area contributed by atoms with Gasteiger partial charge in [0.15, 0.2) is 0 Å². The van der Waals surface area contributed by atoms with Crippen LogP contribution in [0.1, 0.15) is 72.1 Å². The van der Waals surface area contributed by atoms with E-state index in [1.165, 1.54) is 32.1 Å². The highest BCUT2D eigenvalue weighted by Crippen LogP contribution is 2.24. The summed E-state index contributed by atoms with van der Waals surface area (Å²) in [6, 6.07) is 0.755. The lowest BCUT2D eigenvalue weighted by Gasteiger charge is -2.35. The maximum atomic E-state index is 12.5. The molecule has 3 nitrogen and oxygen atoms in total. The lowest BCUT2D eigenvalue weighted by molar-refractivity contribution is -0.138. The van der Waals surface area contributed by atoms with Gasteiger partial charge in [-0.05, 0) is 39.5 Å². The molecule has 0 bridgehead atoms. The van der Waals surface area contributed by atoms with Gasteiger partial charge in [0.1, 0.15) is 0 Å². The third kappa shape index (κ3) is 5.52. The third-order valence-electron chi connectivity index (χ3n) is 4.36. The van der Waals surface area contributed by atoms with E-state index in [0.29, 0.717) is 11.9 Å². The third-order valence-corrected chi connectivity index (χ3v) is 4.36. The van der Waals surface area contributed by atoms with E-state index in [9.17, 15) is 4.79 Å². The molecule has 1 fully saturated rings. The largest absolute Gasteiger partial charge is 0.340 e. The van der Waals surface area contributed by atoms with Crippen molar-refractivity contribution in [3.8, 4) is 0 Å². The van der Waals surface area contributed by atoms with E-state index in [1.54, 1.807) is 0 Å². The smallest absolute Gasteiger partial charge is 0.225 e. The van der Waals surface area contributed by atoms with Crippen molar-refractivity contribution in [2.75, 3.05) is 6.54 Å². The summed E-state index contributed by atoms with van der Waals surface area (Å²) in [5.74, 6) is 0.514. The molecule has 1 aliphatic carbocycles. The molecule has 2 unspecified atom stereocenters. The SMILES string of the molecule is CCN(C(=O)C(C)CCCC(C)N)C1CCCCC1. The van der Waals surface area contributed by atoms with Crippen molar-refractivity contribution in [3.63, 3.8) is 0 Å². The van der Waals surface area contributed by atoms with E-state index in [2.05, 4.69) is 18.7 Å². The predicted molar refractivity (Wildman–Crippen MR) is 80.9 cm³/mol. The Morgan fingerprint density at radius 1 is 1.21 bits per heavy atom. The first-order chi connectivity index (χ1) is 9.06. The van der Waals surface area contributed by atoms with Crippen molar-refractivity contribution in [3.05, 3.63) is 0 Å². The Morgan fingerprint density at radius 3 is 2.37 bits per heavy atom. The summed E-state index contributed by atoms with van der Waals surface area (Å²) in [5.41, 5.74) is 5.76. The molecule has 0 aromatic heterocycles. The summed E-state index contributed by atoms with van der Waals surface area (Å²) in [6.07, 6.45) is 9.37. The van der Waals surface area contributed by atoms with Crippen molar-refractivity contribution >= 4 is 5.91 Å².